The summed E-state index contributed by atoms with van der Waals surface area (Å²) in [6.45, 7) is 13.5. The van der Waals surface area contributed by atoms with Gasteiger partial charge in [-0.05, 0) is 38.8 Å². The Bertz CT molecular complexity index is 218. The molecule has 0 aromatic carbocycles. The van der Waals surface area contributed by atoms with E-state index in [9.17, 15) is 5.11 Å². The van der Waals surface area contributed by atoms with E-state index in [1.54, 1.807) is 0 Å². The molecular formula is C14H30N2O. The van der Waals surface area contributed by atoms with Gasteiger partial charge in [0.15, 0.2) is 0 Å². The summed E-state index contributed by atoms with van der Waals surface area (Å²) in [4.78, 5) is 2.55. The summed E-state index contributed by atoms with van der Waals surface area (Å²) in [6, 6.07) is 0.551. The van der Waals surface area contributed by atoms with Gasteiger partial charge >= 0.3 is 0 Å². The first-order valence-electron chi connectivity index (χ1n) is 7.05. The summed E-state index contributed by atoms with van der Waals surface area (Å²) in [6.07, 6.45) is 2.66. The Labute approximate surface area is 107 Å². The SMILES string of the molecule is CCN1CCCC(C(C)NCC(C)(C)CO)C1. The minimum Gasteiger partial charge on any atom is -0.396 e. The third kappa shape index (κ3) is 4.94. The van der Waals surface area contributed by atoms with Crippen LogP contribution in [0.3, 0.4) is 0 Å². The Kier molecular flexibility index (Phi) is 5.90. The zero-order valence-corrected chi connectivity index (χ0v) is 12.0. The summed E-state index contributed by atoms with van der Waals surface area (Å²) in [5.41, 5.74) is -0.00658. The third-order valence-electron chi connectivity index (χ3n) is 4.03. The maximum absolute atomic E-state index is 9.25. The second kappa shape index (κ2) is 6.72. The van der Waals surface area contributed by atoms with Crippen molar-refractivity contribution in [3.05, 3.63) is 0 Å². The molecule has 0 aromatic heterocycles. The van der Waals surface area contributed by atoms with Crippen molar-refractivity contribution in [3.8, 4) is 0 Å². The highest BCUT2D eigenvalue weighted by molar-refractivity contribution is 4.82. The molecule has 0 bridgehead atoms. The average Bonchev–Trinajstić information content (AvgIpc) is 2.36. The van der Waals surface area contributed by atoms with Crippen LogP contribution in [0.4, 0.5) is 0 Å². The smallest absolute Gasteiger partial charge is 0.0494 e. The predicted octanol–water partition coefficient (Wildman–Crippen LogP) is 1.71. The van der Waals surface area contributed by atoms with Crippen LogP contribution in [0.15, 0.2) is 0 Å². The molecule has 2 atom stereocenters. The van der Waals surface area contributed by atoms with Gasteiger partial charge in [-0.2, -0.15) is 0 Å². The minimum atomic E-state index is -0.00658. The predicted molar refractivity (Wildman–Crippen MR) is 73.2 cm³/mol. The number of hydrogen-bond donors (Lipinski definition) is 2. The lowest BCUT2D eigenvalue weighted by atomic mass is 9.89. The first kappa shape index (κ1) is 14.9. The number of likely N-dealkylation sites (tertiary alicyclic amines) is 1. The van der Waals surface area contributed by atoms with E-state index < -0.39 is 0 Å². The van der Waals surface area contributed by atoms with Gasteiger partial charge in [0.25, 0.3) is 0 Å². The van der Waals surface area contributed by atoms with Crippen LogP contribution in [0, 0.1) is 11.3 Å². The van der Waals surface area contributed by atoms with Gasteiger partial charge in [0, 0.05) is 31.2 Å². The Hall–Kier alpha value is -0.120. The second-order valence-corrected chi connectivity index (χ2v) is 6.29. The van der Waals surface area contributed by atoms with Crippen molar-refractivity contribution in [3.63, 3.8) is 0 Å². The topological polar surface area (TPSA) is 35.5 Å². The standard InChI is InChI=1S/C14H30N2O/c1-5-16-8-6-7-13(9-16)12(2)15-10-14(3,4)11-17/h12-13,15,17H,5-11H2,1-4H3. The third-order valence-corrected chi connectivity index (χ3v) is 4.03. The Balaban J connectivity index is 2.34. The molecule has 17 heavy (non-hydrogen) atoms. The first-order chi connectivity index (χ1) is 7.98. The molecule has 102 valence electrons. The minimum absolute atomic E-state index is 0.00658. The van der Waals surface area contributed by atoms with E-state index in [0.29, 0.717) is 6.04 Å². The van der Waals surface area contributed by atoms with Gasteiger partial charge in [-0.3, -0.25) is 0 Å². The van der Waals surface area contributed by atoms with Crippen LogP contribution in [-0.4, -0.2) is 48.8 Å². The van der Waals surface area contributed by atoms with Crippen molar-refractivity contribution >= 4 is 0 Å². The number of nitrogens with zero attached hydrogens (tertiary/aromatic N) is 1. The van der Waals surface area contributed by atoms with Gasteiger partial charge in [-0.1, -0.05) is 20.8 Å². The molecule has 1 saturated heterocycles. The highest BCUT2D eigenvalue weighted by Gasteiger charge is 2.25. The van der Waals surface area contributed by atoms with Gasteiger partial charge in [-0.25, -0.2) is 0 Å². The van der Waals surface area contributed by atoms with E-state index in [0.717, 1.165) is 12.5 Å². The number of aliphatic hydroxyl groups is 1. The lowest BCUT2D eigenvalue weighted by molar-refractivity contribution is 0.129. The molecule has 1 aliphatic heterocycles. The summed E-state index contributed by atoms with van der Waals surface area (Å²) in [7, 11) is 0. The van der Waals surface area contributed by atoms with Crippen LogP contribution in [0.5, 0.6) is 0 Å². The summed E-state index contributed by atoms with van der Waals surface area (Å²) >= 11 is 0. The Morgan fingerprint density at radius 1 is 1.47 bits per heavy atom. The van der Waals surface area contributed by atoms with E-state index in [-0.39, 0.29) is 12.0 Å². The van der Waals surface area contributed by atoms with Gasteiger partial charge in [0.05, 0.1) is 0 Å². The molecule has 1 heterocycles. The number of piperidine rings is 1. The highest BCUT2D eigenvalue weighted by atomic mass is 16.3. The molecule has 1 fully saturated rings. The van der Waals surface area contributed by atoms with E-state index in [2.05, 4.69) is 37.9 Å². The van der Waals surface area contributed by atoms with Crippen LogP contribution < -0.4 is 5.32 Å². The number of nitrogens with one attached hydrogen (secondary N) is 1. The molecule has 0 aromatic rings. The summed E-state index contributed by atoms with van der Waals surface area (Å²) in [5, 5.41) is 12.9. The number of hydrogen-bond acceptors (Lipinski definition) is 3. The normalized spacial score (nSPS) is 24.9. The molecule has 3 nitrogen and oxygen atoms in total. The zero-order chi connectivity index (χ0) is 12.9. The van der Waals surface area contributed by atoms with Crippen LogP contribution >= 0.6 is 0 Å². The van der Waals surface area contributed by atoms with Crippen molar-refractivity contribution in [1.29, 1.82) is 0 Å². The van der Waals surface area contributed by atoms with E-state index in [1.165, 1.54) is 32.5 Å². The number of aliphatic hydroxyl groups excluding tert-OH is 1. The van der Waals surface area contributed by atoms with Gasteiger partial charge < -0.3 is 15.3 Å². The van der Waals surface area contributed by atoms with Crippen LogP contribution in [-0.2, 0) is 0 Å². The quantitative estimate of drug-likeness (QED) is 0.744. The first-order valence-corrected chi connectivity index (χ1v) is 7.05. The molecule has 0 saturated carbocycles. The molecule has 1 rings (SSSR count). The van der Waals surface area contributed by atoms with Crippen molar-refractivity contribution in [2.75, 3.05) is 32.8 Å². The van der Waals surface area contributed by atoms with Crippen LogP contribution in [0.1, 0.15) is 40.5 Å². The van der Waals surface area contributed by atoms with Crippen LogP contribution in [0.25, 0.3) is 0 Å². The highest BCUT2D eigenvalue weighted by Crippen LogP contribution is 2.20. The lowest BCUT2D eigenvalue weighted by Gasteiger charge is -2.36. The van der Waals surface area contributed by atoms with Crippen molar-refractivity contribution in [2.24, 2.45) is 11.3 Å². The molecule has 1 aliphatic rings. The molecule has 0 radical (unpaired) electrons. The molecule has 0 aliphatic carbocycles. The molecule has 2 unspecified atom stereocenters. The van der Waals surface area contributed by atoms with E-state index in [1.807, 2.05) is 0 Å². The van der Waals surface area contributed by atoms with Crippen molar-refractivity contribution in [2.45, 2.75) is 46.6 Å². The van der Waals surface area contributed by atoms with Gasteiger partial charge in [-0.15, -0.1) is 0 Å². The van der Waals surface area contributed by atoms with Gasteiger partial charge in [0.1, 0.15) is 0 Å². The Morgan fingerprint density at radius 2 is 2.18 bits per heavy atom. The number of rotatable bonds is 6. The van der Waals surface area contributed by atoms with Gasteiger partial charge in [0.2, 0.25) is 0 Å². The molecular weight excluding hydrogens is 212 g/mol. The largest absolute Gasteiger partial charge is 0.396 e. The zero-order valence-electron chi connectivity index (χ0n) is 12.0. The fourth-order valence-electron chi connectivity index (χ4n) is 2.45. The fraction of sp³-hybridized carbons (Fsp3) is 1.00. The molecule has 0 spiro atoms. The Morgan fingerprint density at radius 3 is 2.76 bits per heavy atom. The van der Waals surface area contributed by atoms with E-state index >= 15 is 0 Å². The monoisotopic (exact) mass is 242 g/mol. The second-order valence-electron chi connectivity index (χ2n) is 6.29. The maximum Gasteiger partial charge on any atom is 0.0494 e. The van der Waals surface area contributed by atoms with Crippen LogP contribution in [0.2, 0.25) is 0 Å². The molecule has 2 N–H and O–H groups in total. The fourth-order valence-corrected chi connectivity index (χ4v) is 2.45. The van der Waals surface area contributed by atoms with E-state index in [4.69, 9.17) is 0 Å². The summed E-state index contributed by atoms with van der Waals surface area (Å²) < 4.78 is 0. The summed E-state index contributed by atoms with van der Waals surface area (Å²) in [5.74, 6) is 0.762. The maximum atomic E-state index is 9.25. The van der Waals surface area contributed by atoms with Crippen molar-refractivity contribution < 1.29 is 5.11 Å². The molecule has 0 amide bonds. The molecule has 3 heteroatoms. The average molecular weight is 242 g/mol. The van der Waals surface area contributed by atoms with Crippen molar-refractivity contribution in [1.82, 2.24) is 10.2 Å². The lowest BCUT2D eigenvalue weighted by Crippen LogP contribution is -2.46.